The highest BCUT2D eigenvalue weighted by atomic mass is 19.1. The number of anilines is 1. The Morgan fingerprint density at radius 2 is 2.27 bits per heavy atom. The Morgan fingerprint density at radius 1 is 1.53 bits per heavy atom. The third-order valence-electron chi connectivity index (χ3n) is 2.65. The normalized spacial score (nSPS) is 19.5. The molecule has 2 rings (SSSR count). The molecule has 1 aliphatic heterocycles. The van der Waals surface area contributed by atoms with Crippen LogP contribution in [0.2, 0.25) is 0 Å². The van der Waals surface area contributed by atoms with Crippen molar-refractivity contribution in [2.75, 3.05) is 18.5 Å². The average molecular weight is 208 g/mol. The van der Waals surface area contributed by atoms with E-state index in [0.717, 1.165) is 5.56 Å². The summed E-state index contributed by atoms with van der Waals surface area (Å²) in [4.78, 5) is 13.3. The predicted molar refractivity (Wildman–Crippen MR) is 56.2 cm³/mol. The van der Waals surface area contributed by atoms with Gasteiger partial charge in [-0.25, -0.2) is 4.39 Å². The minimum absolute atomic E-state index is 0.0301. The van der Waals surface area contributed by atoms with Crippen molar-refractivity contribution in [3.05, 3.63) is 29.6 Å². The molecule has 80 valence electrons. The summed E-state index contributed by atoms with van der Waals surface area (Å²) in [6.07, 6.45) is 0. The van der Waals surface area contributed by atoms with Gasteiger partial charge in [0.05, 0.1) is 5.69 Å². The number of halogens is 1. The molecular weight excluding hydrogens is 195 g/mol. The van der Waals surface area contributed by atoms with E-state index in [4.69, 9.17) is 0 Å². The Morgan fingerprint density at radius 3 is 2.93 bits per heavy atom. The molecule has 1 amide bonds. The van der Waals surface area contributed by atoms with E-state index in [2.05, 4.69) is 5.32 Å². The molecule has 1 atom stereocenters. The van der Waals surface area contributed by atoms with E-state index in [0.29, 0.717) is 12.2 Å². The fourth-order valence-electron chi connectivity index (χ4n) is 1.90. The minimum Gasteiger partial charge on any atom is -0.313 e. The summed E-state index contributed by atoms with van der Waals surface area (Å²) in [5, 5.41) is 3.09. The number of carbonyl (C=O) groups excluding carboxylic acids is 1. The van der Waals surface area contributed by atoms with Crippen LogP contribution in [0, 0.1) is 5.82 Å². The summed E-state index contributed by atoms with van der Waals surface area (Å²) >= 11 is 0. The van der Waals surface area contributed by atoms with Gasteiger partial charge in [-0.05, 0) is 18.7 Å². The number of amides is 1. The second-order valence-corrected chi connectivity index (χ2v) is 3.59. The summed E-state index contributed by atoms with van der Waals surface area (Å²) in [5.74, 6) is -0.344. The van der Waals surface area contributed by atoms with Crippen LogP contribution < -0.4 is 10.2 Å². The largest absolute Gasteiger partial charge is 0.313 e. The van der Waals surface area contributed by atoms with Gasteiger partial charge in [0.1, 0.15) is 11.9 Å². The predicted octanol–water partition coefficient (Wildman–Crippen LogP) is 1.45. The first-order chi connectivity index (χ1) is 7.15. The Hall–Kier alpha value is -1.42. The molecule has 0 saturated carbocycles. The molecule has 15 heavy (non-hydrogen) atoms. The topological polar surface area (TPSA) is 32.3 Å². The zero-order valence-electron chi connectivity index (χ0n) is 8.75. The molecule has 1 unspecified atom stereocenters. The highest BCUT2D eigenvalue weighted by Crippen LogP contribution is 2.34. The Kier molecular flexibility index (Phi) is 2.44. The maximum atomic E-state index is 13.0. The van der Waals surface area contributed by atoms with Crippen molar-refractivity contribution in [1.82, 2.24) is 5.32 Å². The summed E-state index contributed by atoms with van der Waals surface area (Å²) in [5.41, 5.74) is 1.51. The number of nitrogens with zero attached hydrogens (tertiary/aromatic N) is 1. The summed E-state index contributed by atoms with van der Waals surface area (Å²) in [7, 11) is 1.66. The van der Waals surface area contributed by atoms with Gasteiger partial charge >= 0.3 is 0 Å². The Labute approximate surface area is 87.9 Å². The lowest BCUT2D eigenvalue weighted by molar-refractivity contribution is -0.119. The second-order valence-electron chi connectivity index (χ2n) is 3.59. The van der Waals surface area contributed by atoms with Gasteiger partial charge < -0.3 is 10.2 Å². The molecule has 1 N–H and O–H groups in total. The van der Waals surface area contributed by atoms with Gasteiger partial charge in [-0.2, -0.15) is 0 Å². The molecule has 1 heterocycles. The van der Waals surface area contributed by atoms with Gasteiger partial charge in [0.25, 0.3) is 0 Å². The quantitative estimate of drug-likeness (QED) is 0.797. The summed E-state index contributed by atoms with van der Waals surface area (Å²) in [6, 6.07) is 4.12. The van der Waals surface area contributed by atoms with Crippen LogP contribution in [-0.2, 0) is 4.79 Å². The number of rotatable bonds is 2. The molecule has 0 aromatic heterocycles. The number of carbonyl (C=O) groups is 1. The monoisotopic (exact) mass is 208 g/mol. The standard InChI is InChI=1S/C11H13FN2O/c1-3-13-10-8-5-4-7(12)6-9(8)14(2)11(10)15/h4-6,10,13H,3H2,1-2H3. The van der Waals surface area contributed by atoms with Crippen molar-refractivity contribution in [2.45, 2.75) is 13.0 Å². The zero-order valence-corrected chi connectivity index (χ0v) is 8.75. The van der Waals surface area contributed by atoms with Crippen LogP contribution in [-0.4, -0.2) is 19.5 Å². The third-order valence-corrected chi connectivity index (χ3v) is 2.65. The molecule has 0 radical (unpaired) electrons. The van der Waals surface area contributed by atoms with E-state index in [-0.39, 0.29) is 17.8 Å². The fraction of sp³-hybridized carbons (Fsp3) is 0.364. The fourth-order valence-corrected chi connectivity index (χ4v) is 1.90. The van der Waals surface area contributed by atoms with Crippen LogP contribution in [0.5, 0.6) is 0 Å². The molecule has 1 aromatic rings. The van der Waals surface area contributed by atoms with Crippen LogP contribution in [0.4, 0.5) is 10.1 Å². The van der Waals surface area contributed by atoms with E-state index in [1.54, 1.807) is 13.1 Å². The molecule has 1 aromatic carbocycles. The maximum Gasteiger partial charge on any atom is 0.248 e. The van der Waals surface area contributed by atoms with Crippen molar-refractivity contribution in [3.63, 3.8) is 0 Å². The summed E-state index contributed by atoms with van der Waals surface area (Å²) in [6.45, 7) is 2.65. The molecular formula is C11H13FN2O. The van der Waals surface area contributed by atoms with Crippen LogP contribution in [0.1, 0.15) is 18.5 Å². The molecule has 4 heteroatoms. The van der Waals surface area contributed by atoms with Gasteiger partial charge in [0.2, 0.25) is 5.91 Å². The first kappa shape index (κ1) is 10.1. The molecule has 0 fully saturated rings. The van der Waals surface area contributed by atoms with E-state index in [1.165, 1.54) is 17.0 Å². The number of fused-ring (bicyclic) bond motifs is 1. The zero-order chi connectivity index (χ0) is 11.0. The second kappa shape index (κ2) is 3.62. The lowest BCUT2D eigenvalue weighted by Crippen LogP contribution is -2.32. The van der Waals surface area contributed by atoms with Gasteiger partial charge in [-0.3, -0.25) is 4.79 Å². The van der Waals surface area contributed by atoms with Gasteiger partial charge in [0.15, 0.2) is 0 Å². The van der Waals surface area contributed by atoms with Crippen molar-refractivity contribution >= 4 is 11.6 Å². The lowest BCUT2D eigenvalue weighted by Gasteiger charge is -2.11. The van der Waals surface area contributed by atoms with Gasteiger partial charge in [-0.1, -0.05) is 13.0 Å². The molecule has 0 saturated heterocycles. The van der Waals surface area contributed by atoms with Crippen LogP contribution in [0.15, 0.2) is 18.2 Å². The lowest BCUT2D eigenvalue weighted by atomic mass is 10.1. The Bertz CT molecular complexity index is 406. The van der Waals surface area contributed by atoms with Crippen molar-refractivity contribution in [1.29, 1.82) is 0 Å². The molecule has 3 nitrogen and oxygen atoms in total. The Balaban J connectivity index is 2.46. The van der Waals surface area contributed by atoms with E-state index in [1.807, 2.05) is 6.92 Å². The molecule has 0 spiro atoms. The third kappa shape index (κ3) is 1.51. The van der Waals surface area contributed by atoms with E-state index < -0.39 is 0 Å². The summed E-state index contributed by atoms with van der Waals surface area (Å²) < 4.78 is 13.0. The smallest absolute Gasteiger partial charge is 0.248 e. The van der Waals surface area contributed by atoms with Crippen molar-refractivity contribution < 1.29 is 9.18 Å². The number of hydrogen-bond acceptors (Lipinski definition) is 2. The maximum absolute atomic E-state index is 13.0. The van der Waals surface area contributed by atoms with Crippen LogP contribution >= 0.6 is 0 Å². The number of hydrogen-bond donors (Lipinski definition) is 1. The highest BCUT2D eigenvalue weighted by molar-refractivity contribution is 6.04. The minimum atomic E-state index is -0.324. The number of likely N-dealkylation sites (N-methyl/N-ethyl adjacent to an activating group) is 2. The van der Waals surface area contributed by atoms with Crippen molar-refractivity contribution in [2.24, 2.45) is 0 Å². The first-order valence-corrected chi connectivity index (χ1v) is 4.95. The molecule has 1 aliphatic rings. The molecule has 0 aliphatic carbocycles. The van der Waals surface area contributed by atoms with Crippen LogP contribution in [0.25, 0.3) is 0 Å². The number of benzene rings is 1. The van der Waals surface area contributed by atoms with E-state index >= 15 is 0 Å². The van der Waals surface area contributed by atoms with Gasteiger partial charge in [-0.15, -0.1) is 0 Å². The molecule has 0 bridgehead atoms. The van der Waals surface area contributed by atoms with Gasteiger partial charge in [0, 0.05) is 12.6 Å². The van der Waals surface area contributed by atoms with Crippen molar-refractivity contribution in [3.8, 4) is 0 Å². The van der Waals surface area contributed by atoms with Crippen LogP contribution in [0.3, 0.4) is 0 Å². The number of nitrogens with one attached hydrogen (secondary N) is 1. The first-order valence-electron chi connectivity index (χ1n) is 4.95. The average Bonchev–Trinajstić information content (AvgIpc) is 2.44. The van der Waals surface area contributed by atoms with E-state index in [9.17, 15) is 9.18 Å². The SMILES string of the molecule is CCNC1C(=O)N(C)c2cc(F)ccc21. The highest BCUT2D eigenvalue weighted by Gasteiger charge is 2.34.